The molecule has 1 aliphatic rings. The molecule has 0 atom stereocenters. The molecule has 1 aliphatic carbocycles. The second kappa shape index (κ2) is 5.32. The van der Waals surface area contributed by atoms with Crippen LogP contribution in [0.25, 0.3) is 0 Å². The van der Waals surface area contributed by atoms with Gasteiger partial charge in [0, 0.05) is 11.4 Å². The van der Waals surface area contributed by atoms with Crippen molar-refractivity contribution in [2.75, 3.05) is 0 Å². The zero-order valence-electron chi connectivity index (χ0n) is 9.33. The summed E-state index contributed by atoms with van der Waals surface area (Å²) in [6.07, 6.45) is 4.72. The summed E-state index contributed by atoms with van der Waals surface area (Å²) in [6, 6.07) is 2.26. The van der Waals surface area contributed by atoms with Gasteiger partial charge in [0.15, 0.2) is 0 Å². The molecule has 1 N–H and O–H groups in total. The lowest BCUT2D eigenvalue weighted by molar-refractivity contribution is 0.0923. The summed E-state index contributed by atoms with van der Waals surface area (Å²) >= 11 is 4.92. The molecule has 88 valence electrons. The first-order valence-corrected chi connectivity index (χ1v) is 7.37. The van der Waals surface area contributed by atoms with Gasteiger partial charge >= 0.3 is 0 Å². The molecule has 1 heterocycles. The number of hydrogen-bond acceptors (Lipinski definition) is 2. The fourth-order valence-electron chi connectivity index (χ4n) is 2.10. The Hall–Kier alpha value is -0.350. The average molecular weight is 302 g/mol. The van der Waals surface area contributed by atoms with E-state index < -0.39 is 0 Å². The molecule has 0 bridgehead atoms. The molecule has 0 spiro atoms. The van der Waals surface area contributed by atoms with Crippen LogP contribution < -0.4 is 5.32 Å². The highest BCUT2D eigenvalue weighted by molar-refractivity contribution is 9.11. The van der Waals surface area contributed by atoms with E-state index in [4.69, 9.17) is 0 Å². The minimum absolute atomic E-state index is 0.0708. The number of amides is 1. The first-order chi connectivity index (χ1) is 7.65. The summed E-state index contributed by atoms with van der Waals surface area (Å²) in [7, 11) is 0. The van der Waals surface area contributed by atoms with Crippen LogP contribution in [0.2, 0.25) is 0 Å². The van der Waals surface area contributed by atoms with Gasteiger partial charge in [-0.05, 0) is 53.6 Å². The lowest BCUT2D eigenvalue weighted by Crippen LogP contribution is -2.37. The van der Waals surface area contributed by atoms with E-state index in [0.29, 0.717) is 6.04 Å². The molecule has 0 unspecified atom stereocenters. The van der Waals surface area contributed by atoms with Crippen molar-refractivity contribution in [1.82, 2.24) is 5.32 Å². The third kappa shape index (κ3) is 3.08. The van der Waals surface area contributed by atoms with Crippen LogP contribution in [0.3, 0.4) is 0 Å². The van der Waals surface area contributed by atoms with Crippen molar-refractivity contribution >= 4 is 33.2 Å². The maximum atomic E-state index is 11.9. The Kier molecular flexibility index (Phi) is 4.03. The van der Waals surface area contributed by atoms with Gasteiger partial charge in [-0.15, -0.1) is 11.3 Å². The summed E-state index contributed by atoms with van der Waals surface area (Å²) in [5.41, 5.74) is 0.774. The van der Waals surface area contributed by atoms with Crippen LogP contribution in [0.5, 0.6) is 0 Å². The van der Waals surface area contributed by atoms with Gasteiger partial charge in [-0.1, -0.05) is 6.92 Å². The Morgan fingerprint density at radius 3 is 2.69 bits per heavy atom. The van der Waals surface area contributed by atoms with Crippen LogP contribution in [0.4, 0.5) is 0 Å². The minimum atomic E-state index is 0.0708. The Morgan fingerprint density at radius 2 is 2.12 bits per heavy atom. The second-order valence-electron chi connectivity index (χ2n) is 4.57. The summed E-state index contributed by atoms with van der Waals surface area (Å²) in [5.74, 6) is 0.893. The van der Waals surface area contributed by atoms with Gasteiger partial charge in [0.05, 0.1) is 9.35 Å². The minimum Gasteiger partial charge on any atom is -0.349 e. The van der Waals surface area contributed by atoms with E-state index in [0.717, 1.165) is 28.1 Å². The van der Waals surface area contributed by atoms with Gasteiger partial charge in [0.1, 0.15) is 0 Å². The summed E-state index contributed by atoms with van der Waals surface area (Å²) in [4.78, 5) is 11.9. The number of rotatable bonds is 2. The molecule has 0 saturated heterocycles. The van der Waals surface area contributed by atoms with E-state index in [2.05, 4.69) is 28.2 Å². The Bertz CT molecular complexity index is 369. The lowest BCUT2D eigenvalue weighted by atomic mass is 9.87. The second-order valence-corrected chi connectivity index (χ2v) is 6.86. The van der Waals surface area contributed by atoms with Gasteiger partial charge in [-0.3, -0.25) is 4.79 Å². The molecular weight excluding hydrogens is 286 g/mol. The van der Waals surface area contributed by atoms with E-state index in [-0.39, 0.29) is 5.91 Å². The van der Waals surface area contributed by atoms with Crippen molar-refractivity contribution in [3.05, 3.63) is 20.8 Å². The SMILES string of the molecule is CC1CCC(NC(=O)c2csc(Br)c2)CC1. The van der Waals surface area contributed by atoms with E-state index in [1.165, 1.54) is 12.8 Å². The van der Waals surface area contributed by atoms with Crippen LogP contribution in [0, 0.1) is 5.92 Å². The average Bonchev–Trinajstić information content (AvgIpc) is 2.68. The topological polar surface area (TPSA) is 29.1 Å². The number of halogens is 1. The van der Waals surface area contributed by atoms with Crippen molar-refractivity contribution in [2.45, 2.75) is 38.6 Å². The van der Waals surface area contributed by atoms with Crippen LogP contribution in [0.1, 0.15) is 43.0 Å². The smallest absolute Gasteiger partial charge is 0.252 e. The number of nitrogens with one attached hydrogen (secondary N) is 1. The van der Waals surface area contributed by atoms with Crippen molar-refractivity contribution in [3.63, 3.8) is 0 Å². The summed E-state index contributed by atoms with van der Waals surface area (Å²) < 4.78 is 1.01. The molecule has 0 aliphatic heterocycles. The van der Waals surface area contributed by atoms with Crippen LogP contribution >= 0.6 is 27.3 Å². The number of carbonyl (C=O) groups excluding carboxylic acids is 1. The molecule has 1 amide bonds. The molecular formula is C12H16BrNOS. The maximum Gasteiger partial charge on any atom is 0.252 e. The highest BCUT2D eigenvalue weighted by Gasteiger charge is 2.20. The van der Waals surface area contributed by atoms with E-state index >= 15 is 0 Å². The zero-order chi connectivity index (χ0) is 11.5. The van der Waals surface area contributed by atoms with Gasteiger partial charge in [-0.25, -0.2) is 0 Å². The summed E-state index contributed by atoms with van der Waals surface area (Å²) in [5, 5.41) is 5.01. The fourth-order valence-corrected chi connectivity index (χ4v) is 3.24. The Balaban J connectivity index is 1.88. The molecule has 4 heteroatoms. The normalized spacial score (nSPS) is 25.4. The Labute approximate surface area is 109 Å². The lowest BCUT2D eigenvalue weighted by Gasteiger charge is -2.26. The highest BCUT2D eigenvalue weighted by Crippen LogP contribution is 2.24. The predicted molar refractivity (Wildman–Crippen MR) is 70.9 cm³/mol. The van der Waals surface area contributed by atoms with Gasteiger partial charge < -0.3 is 5.32 Å². The first kappa shape index (κ1) is 12.1. The van der Waals surface area contributed by atoms with Crippen molar-refractivity contribution in [1.29, 1.82) is 0 Å². The van der Waals surface area contributed by atoms with Crippen LogP contribution in [-0.4, -0.2) is 11.9 Å². The molecule has 1 aromatic rings. The number of thiophene rings is 1. The number of hydrogen-bond donors (Lipinski definition) is 1. The van der Waals surface area contributed by atoms with Crippen molar-refractivity contribution in [2.24, 2.45) is 5.92 Å². The molecule has 16 heavy (non-hydrogen) atoms. The first-order valence-electron chi connectivity index (χ1n) is 5.70. The number of carbonyl (C=O) groups is 1. The standard InChI is InChI=1S/C12H16BrNOS/c1-8-2-4-10(5-3-8)14-12(15)9-6-11(13)16-7-9/h6-8,10H,2-5H2,1H3,(H,14,15). The van der Waals surface area contributed by atoms with Crippen molar-refractivity contribution in [3.8, 4) is 0 Å². The van der Waals surface area contributed by atoms with Gasteiger partial charge in [-0.2, -0.15) is 0 Å². The van der Waals surface area contributed by atoms with Crippen LogP contribution in [-0.2, 0) is 0 Å². The molecule has 1 saturated carbocycles. The molecule has 0 aromatic carbocycles. The molecule has 2 nitrogen and oxygen atoms in total. The molecule has 0 radical (unpaired) electrons. The van der Waals surface area contributed by atoms with E-state index in [1.807, 2.05) is 11.4 Å². The van der Waals surface area contributed by atoms with Gasteiger partial charge in [0.2, 0.25) is 0 Å². The van der Waals surface area contributed by atoms with E-state index in [9.17, 15) is 4.79 Å². The summed E-state index contributed by atoms with van der Waals surface area (Å²) in [6.45, 7) is 2.29. The molecule has 2 rings (SSSR count). The monoisotopic (exact) mass is 301 g/mol. The highest BCUT2D eigenvalue weighted by atomic mass is 79.9. The van der Waals surface area contributed by atoms with Crippen LogP contribution in [0.15, 0.2) is 15.2 Å². The molecule has 1 aromatic heterocycles. The maximum absolute atomic E-state index is 11.9. The predicted octanol–water partition coefficient (Wildman–Crippen LogP) is 3.82. The zero-order valence-corrected chi connectivity index (χ0v) is 11.7. The third-order valence-electron chi connectivity index (χ3n) is 3.18. The van der Waals surface area contributed by atoms with Crippen molar-refractivity contribution < 1.29 is 4.79 Å². The van der Waals surface area contributed by atoms with E-state index in [1.54, 1.807) is 11.3 Å². The third-order valence-corrected chi connectivity index (χ3v) is 4.69. The Morgan fingerprint density at radius 1 is 1.44 bits per heavy atom. The largest absolute Gasteiger partial charge is 0.349 e. The quantitative estimate of drug-likeness (QED) is 0.884. The fraction of sp³-hybridized carbons (Fsp3) is 0.583. The van der Waals surface area contributed by atoms with Gasteiger partial charge in [0.25, 0.3) is 5.91 Å². The molecule has 1 fully saturated rings.